The fourth-order valence-corrected chi connectivity index (χ4v) is 5.20. The Bertz CT molecular complexity index is 931. The minimum Gasteiger partial charge on any atom is -0.457 e. The van der Waals surface area contributed by atoms with E-state index in [1.54, 1.807) is 10.4 Å². The van der Waals surface area contributed by atoms with Crippen LogP contribution in [0.4, 0.5) is 0 Å². The van der Waals surface area contributed by atoms with Crippen LogP contribution < -0.4 is 10.2 Å². The van der Waals surface area contributed by atoms with Gasteiger partial charge in [0, 0.05) is 15.5 Å². The van der Waals surface area contributed by atoms with E-state index >= 15 is 0 Å². The van der Waals surface area contributed by atoms with Crippen molar-refractivity contribution in [2.75, 3.05) is 6.54 Å². The Morgan fingerprint density at radius 2 is 1.84 bits per heavy atom. The summed E-state index contributed by atoms with van der Waals surface area (Å²) >= 11 is 6.90. The number of benzene rings is 2. The third-order valence-corrected chi connectivity index (χ3v) is 6.68. The van der Waals surface area contributed by atoms with Gasteiger partial charge in [0.05, 0.1) is 5.41 Å². The van der Waals surface area contributed by atoms with Gasteiger partial charge in [-0.1, -0.05) is 63.8 Å². The highest BCUT2D eigenvalue weighted by atomic mass is 79.9. The van der Waals surface area contributed by atoms with Gasteiger partial charge in [0.2, 0.25) is 5.91 Å². The summed E-state index contributed by atoms with van der Waals surface area (Å²) in [6.07, 6.45) is 2.84. The molecule has 1 fully saturated rings. The molecule has 8 heteroatoms. The first-order valence-corrected chi connectivity index (χ1v) is 11.9. The van der Waals surface area contributed by atoms with Crippen molar-refractivity contribution in [3.8, 4) is 11.5 Å². The van der Waals surface area contributed by atoms with E-state index in [0.717, 1.165) is 27.4 Å². The largest absolute Gasteiger partial charge is 0.457 e. The minimum atomic E-state index is -0.725. The van der Waals surface area contributed by atoms with Crippen molar-refractivity contribution in [3.05, 3.63) is 57.0 Å². The number of hydroxylamine groups is 1. The second kappa shape index (κ2) is 10.1. The summed E-state index contributed by atoms with van der Waals surface area (Å²) in [7, 11) is 0. The fraction of sp³-hybridized carbons (Fsp3) is 0.391. The topological polar surface area (TPSA) is 78.9 Å². The summed E-state index contributed by atoms with van der Waals surface area (Å²) in [5.74, 6) is 0.731. The van der Waals surface area contributed by atoms with Crippen molar-refractivity contribution in [1.29, 1.82) is 0 Å². The molecule has 0 bridgehead atoms. The zero-order valence-corrected chi connectivity index (χ0v) is 20.7. The molecular formula is C23H26Br2N2O4. The molecular weight excluding hydrogens is 528 g/mol. The van der Waals surface area contributed by atoms with E-state index in [2.05, 4.69) is 31.9 Å². The van der Waals surface area contributed by atoms with Crippen LogP contribution in [0, 0.1) is 0 Å². The number of rotatable bonds is 8. The highest BCUT2D eigenvalue weighted by Crippen LogP contribution is 2.38. The van der Waals surface area contributed by atoms with Crippen LogP contribution in [0.5, 0.6) is 11.5 Å². The number of amides is 2. The van der Waals surface area contributed by atoms with E-state index in [1.165, 1.54) is 0 Å². The Morgan fingerprint density at radius 3 is 2.42 bits per heavy atom. The standard InChI is InChI=1S/C23H26Br2N2O4/c1-3-4-5-20(21(28)26-30)27-11-10-23(2,22(27)29)15-6-8-18(9-7-15)31-19-13-16(24)12-17(25)14-19/h6-9,12-14,20,30H,3-5,10-11H2,1-2H3,(H,26,28). The highest BCUT2D eigenvalue weighted by molar-refractivity contribution is 9.11. The van der Waals surface area contributed by atoms with Crippen LogP contribution in [-0.2, 0) is 15.0 Å². The van der Waals surface area contributed by atoms with Gasteiger partial charge in [0.1, 0.15) is 17.5 Å². The number of carbonyl (C=O) groups excluding carboxylic acids is 2. The number of likely N-dealkylation sites (tertiary alicyclic amines) is 1. The maximum absolute atomic E-state index is 13.3. The SMILES string of the molecule is CCCCC(C(=O)NO)N1CCC(C)(c2ccc(Oc3cc(Br)cc(Br)c3)cc2)C1=O. The van der Waals surface area contributed by atoms with E-state index < -0.39 is 17.4 Å². The summed E-state index contributed by atoms with van der Waals surface area (Å²) in [6.45, 7) is 4.41. The van der Waals surface area contributed by atoms with E-state index in [1.807, 2.05) is 56.3 Å². The predicted molar refractivity (Wildman–Crippen MR) is 125 cm³/mol. The van der Waals surface area contributed by atoms with E-state index in [9.17, 15) is 9.59 Å². The molecule has 2 aromatic carbocycles. The van der Waals surface area contributed by atoms with Gasteiger partial charge in [-0.25, -0.2) is 5.48 Å². The van der Waals surface area contributed by atoms with Gasteiger partial charge >= 0.3 is 0 Å². The monoisotopic (exact) mass is 552 g/mol. The van der Waals surface area contributed by atoms with Crippen molar-refractivity contribution in [2.24, 2.45) is 0 Å². The molecule has 2 N–H and O–H groups in total. The lowest BCUT2D eigenvalue weighted by Crippen LogP contribution is -2.49. The number of carbonyl (C=O) groups is 2. The summed E-state index contributed by atoms with van der Waals surface area (Å²) in [6, 6.07) is 12.5. The molecule has 0 saturated carbocycles. The van der Waals surface area contributed by atoms with Crippen molar-refractivity contribution in [1.82, 2.24) is 10.4 Å². The predicted octanol–water partition coefficient (Wildman–Crippen LogP) is 5.56. The molecule has 1 aliphatic heterocycles. The average Bonchev–Trinajstić information content (AvgIpc) is 3.03. The Hall–Kier alpha value is -1.90. The molecule has 6 nitrogen and oxygen atoms in total. The summed E-state index contributed by atoms with van der Waals surface area (Å²) in [4.78, 5) is 27.1. The molecule has 166 valence electrons. The highest BCUT2D eigenvalue weighted by Gasteiger charge is 2.47. The molecule has 0 radical (unpaired) electrons. The summed E-state index contributed by atoms with van der Waals surface area (Å²) in [5.41, 5.74) is 1.87. The molecule has 1 heterocycles. The molecule has 0 spiro atoms. The van der Waals surface area contributed by atoms with Crippen LogP contribution in [0.3, 0.4) is 0 Å². The first kappa shape index (κ1) is 23.8. The van der Waals surface area contributed by atoms with Crippen molar-refractivity contribution < 1.29 is 19.5 Å². The smallest absolute Gasteiger partial charge is 0.266 e. The Balaban J connectivity index is 1.77. The van der Waals surface area contributed by atoms with Gasteiger partial charge in [-0.3, -0.25) is 14.8 Å². The Morgan fingerprint density at radius 1 is 1.19 bits per heavy atom. The molecule has 2 unspecified atom stereocenters. The number of unbranched alkanes of at least 4 members (excludes halogenated alkanes) is 1. The van der Waals surface area contributed by atoms with Crippen LogP contribution >= 0.6 is 31.9 Å². The lowest BCUT2D eigenvalue weighted by molar-refractivity contribution is -0.144. The summed E-state index contributed by atoms with van der Waals surface area (Å²) in [5, 5.41) is 9.13. The van der Waals surface area contributed by atoms with Crippen molar-refractivity contribution in [3.63, 3.8) is 0 Å². The number of hydrogen-bond donors (Lipinski definition) is 2. The number of nitrogens with zero attached hydrogens (tertiary/aromatic N) is 1. The normalized spacial score (nSPS) is 19.4. The van der Waals surface area contributed by atoms with E-state index in [-0.39, 0.29) is 5.91 Å². The first-order chi connectivity index (χ1) is 14.8. The Labute approximate surface area is 199 Å². The number of nitrogens with one attached hydrogen (secondary N) is 1. The molecule has 1 aliphatic rings. The second-order valence-corrected chi connectivity index (χ2v) is 9.78. The van der Waals surface area contributed by atoms with E-state index in [0.29, 0.717) is 30.9 Å². The van der Waals surface area contributed by atoms with Crippen LogP contribution in [0.2, 0.25) is 0 Å². The van der Waals surface area contributed by atoms with Crippen LogP contribution in [0.15, 0.2) is 51.4 Å². The first-order valence-electron chi connectivity index (χ1n) is 10.3. The minimum absolute atomic E-state index is 0.0956. The van der Waals surface area contributed by atoms with Crippen molar-refractivity contribution in [2.45, 2.75) is 51.0 Å². The number of halogens is 2. The van der Waals surface area contributed by atoms with Gasteiger partial charge in [-0.2, -0.15) is 0 Å². The van der Waals surface area contributed by atoms with Gasteiger partial charge in [0.15, 0.2) is 0 Å². The lowest BCUT2D eigenvalue weighted by Gasteiger charge is -2.29. The quantitative estimate of drug-likeness (QED) is 0.331. The fourth-order valence-electron chi connectivity index (χ4n) is 3.95. The van der Waals surface area contributed by atoms with Crippen molar-refractivity contribution >= 4 is 43.7 Å². The Kier molecular flexibility index (Phi) is 7.78. The number of ether oxygens (including phenoxy) is 1. The number of hydrogen-bond acceptors (Lipinski definition) is 4. The summed E-state index contributed by atoms with van der Waals surface area (Å²) < 4.78 is 7.74. The average molecular weight is 554 g/mol. The van der Waals surface area contributed by atoms with Gasteiger partial charge in [0.25, 0.3) is 5.91 Å². The maximum Gasteiger partial charge on any atom is 0.266 e. The van der Waals surface area contributed by atoms with Crippen LogP contribution in [0.1, 0.15) is 45.1 Å². The second-order valence-electron chi connectivity index (χ2n) is 7.95. The van der Waals surface area contributed by atoms with Gasteiger partial charge in [-0.05, 0) is 55.7 Å². The van der Waals surface area contributed by atoms with Crippen LogP contribution in [0.25, 0.3) is 0 Å². The lowest BCUT2D eigenvalue weighted by atomic mass is 9.81. The third-order valence-electron chi connectivity index (χ3n) is 5.77. The molecule has 2 amide bonds. The molecule has 2 aromatic rings. The molecule has 31 heavy (non-hydrogen) atoms. The third kappa shape index (κ3) is 5.30. The zero-order chi connectivity index (χ0) is 22.6. The zero-order valence-electron chi connectivity index (χ0n) is 17.5. The van der Waals surface area contributed by atoms with Gasteiger partial charge in [-0.15, -0.1) is 0 Å². The molecule has 3 rings (SSSR count). The van der Waals surface area contributed by atoms with Gasteiger partial charge < -0.3 is 9.64 Å². The maximum atomic E-state index is 13.3. The molecule has 0 aliphatic carbocycles. The van der Waals surface area contributed by atoms with Crippen LogP contribution in [-0.4, -0.2) is 34.5 Å². The molecule has 2 atom stereocenters. The molecule has 0 aromatic heterocycles. The molecule has 1 saturated heterocycles. The van der Waals surface area contributed by atoms with E-state index in [4.69, 9.17) is 9.94 Å².